The number of oxazole rings is 1. The molecule has 0 spiro atoms. The molecule has 0 atom stereocenters. The van der Waals surface area contributed by atoms with Crippen molar-refractivity contribution in [2.24, 2.45) is 0 Å². The van der Waals surface area contributed by atoms with Crippen molar-refractivity contribution in [3.05, 3.63) is 64.7 Å². The number of aromatic nitrogens is 1. The Morgan fingerprint density at radius 3 is 2.35 bits per heavy atom. The summed E-state index contributed by atoms with van der Waals surface area (Å²) in [6, 6.07) is 11.7. The van der Waals surface area contributed by atoms with Crippen molar-refractivity contribution >= 4 is 33.1 Å². The summed E-state index contributed by atoms with van der Waals surface area (Å²) >= 11 is 0. The molecular formula is C24H27N3O6S. The highest BCUT2D eigenvalue weighted by Crippen LogP contribution is 2.24. The highest BCUT2D eigenvalue weighted by atomic mass is 32.2. The van der Waals surface area contributed by atoms with Gasteiger partial charge in [-0.2, -0.15) is 4.31 Å². The second-order valence-electron chi connectivity index (χ2n) is 8.30. The fraction of sp³-hybridized carbons (Fsp3) is 0.333. The summed E-state index contributed by atoms with van der Waals surface area (Å²) in [6.45, 7) is 4.64. The smallest absolute Gasteiger partial charge is 0.420 e. The summed E-state index contributed by atoms with van der Waals surface area (Å²) in [7, 11) is -2.20. The number of piperazine rings is 1. The van der Waals surface area contributed by atoms with E-state index >= 15 is 0 Å². The van der Waals surface area contributed by atoms with Gasteiger partial charge in [-0.05, 0) is 49.8 Å². The molecule has 0 saturated carbocycles. The van der Waals surface area contributed by atoms with Gasteiger partial charge in [0.25, 0.3) is 0 Å². The van der Waals surface area contributed by atoms with Crippen LogP contribution < -0.4 is 10.5 Å². The number of benzene rings is 2. The van der Waals surface area contributed by atoms with Crippen LogP contribution in [0.25, 0.3) is 17.2 Å². The van der Waals surface area contributed by atoms with Gasteiger partial charge in [0.1, 0.15) is 5.75 Å². The molecule has 10 heteroatoms. The SMILES string of the molecule is COc1ccc(/C=C/C(=O)N2CCN(S(=O)(=O)c3ccc4c(c3)oc(=O)n4C(C)C)CC2)cc1. The van der Waals surface area contributed by atoms with Crippen LogP contribution in [0.5, 0.6) is 5.75 Å². The lowest BCUT2D eigenvalue weighted by Crippen LogP contribution is -2.50. The van der Waals surface area contributed by atoms with Crippen molar-refractivity contribution in [2.45, 2.75) is 24.8 Å². The number of rotatable bonds is 6. The van der Waals surface area contributed by atoms with E-state index in [0.29, 0.717) is 5.52 Å². The Morgan fingerprint density at radius 2 is 1.74 bits per heavy atom. The van der Waals surface area contributed by atoms with Gasteiger partial charge in [-0.25, -0.2) is 13.2 Å². The third kappa shape index (κ3) is 4.64. The molecule has 1 aliphatic rings. The number of methoxy groups -OCH3 is 1. The molecule has 0 unspecified atom stereocenters. The zero-order valence-corrected chi connectivity index (χ0v) is 20.1. The third-order valence-corrected chi connectivity index (χ3v) is 7.72. The first kappa shape index (κ1) is 23.8. The van der Waals surface area contributed by atoms with Crippen LogP contribution in [0.3, 0.4) is 0 Å². The molecule has 180 valence electrons. The molecule has 3 aromatic rings. The number of sulfonamides is 1. The second-order valence-corrected chi connectivity index (χ2v) is 10.2. The van der Waals surface area contributed by atoms with E-state index in [9.17, 15) is 18.0 Å². The van der Waals surface area contributed by atoms with E-state index in [1.54, 1.807) is 24.2 Å². The van der Waals surface area contributed by atoms with Gasteiger partial charge < -0.3 is 14.1 Å². The number of hydrogen-bond donors (Lipinski definition) is 0. The molecule has 0 aliphatic carbocycles. The summed E-state index contributed by atoms with van der Waals surface area (Å²) in [5.74, 6) is 0.0417. The van der Waals surface area contributed by atoms with E-state index in [1.807, 2.05) is 38.1 Å². The molecule has 0 N–H and O–H groups in total. The van der Waals surface area contributed by atoms with Gasteiger partial charge >= 0.3 is 5.76 Å². The lowest BCUT2D eigenvalue weighted by atomic mass is 10.2. The fourth-order valence-corrected chi connectivity index (χ4v) is 5.39. The van der Waals surface area contributed by atoms with Gasteiger partial charge in [-0.1, -0.05) is 12.1 Å². The minimum Gasteiger partial charge on any atom is -0.497 e. The Hall–Kier alpha value is -3.37. The number of carbonyl (C=O) groups excluding carboxylic acids is 1. The first-order chi connectivity index (χ1) is 16.2. The Balaban J connectivity index is 1.43. The summed E-state index contributed by atoms with van der Waals surface area (Å²) in [5, 5.41) is 0. The van der Waals surface area contributed by atoms with E-state index < -0.39 is 15.8 Å². The molecule has 2 heterocycles. The van der Waals surface area contributed by atoms with Crippen molar-refractivity contribution in [3.63, 3.8) is 0 Å². The number of fused-ring (bicyclic) bond motifs is 1. The molecule has 34 heavy (non-hydrogen) atoms. The molecule has 0 radical (unpaired) electrons. The summed E-state index contributed by atoms with van der Waals surface area (Å²) in [6.07, 6.45) is 3.21. The van der Waals surface area contributed by atoms with Gasteiger partial charge in [-0.3, -0.25) is 9.36 Å². The number of carbonyl (C=O) groups is 1. The lowest BCUT2D eigenvalue weighted by Gasteiger charge is -2.33. The van der Waals surface area contributed by atoms with Crippen LogP contribution in [-0.2, 0) is 14.8 Å². The average molecular weight is 486 g/mol. The molecule has 2 aromatic carbocycles. The molecule has 9 nitrogen and oxygen atoms in total. The van der Waals surface area contributed by atoms with Crippen LogP contribution in [0.15, 0.2) is 62.6 Å². The largest absolute Gasteiger partial charge is 0.497 e. The first-order valence-electron chi connectivity index (χ1n) is 11.0. The molecule has 1 aromatic heterocycles. The number of amides is 1. The first-order valence-corrected chi connectivity index (χ1v) is 12.4. The standard InChI is InChI=1S/C24H27N3O6S/c1-17(2)27-21-10-9-20(16-22(21)33-24(27)29)34(30,31)26-14-12-25(13-15-26)23(28)11-6-18-4-7-19(32-3)8-5-18/h4-11,16-17H,12-15H2,1-3H3/b11-6+. The third-order valence-electron chi connectivity index (χ3n) is 5.82. The van der Waals surface area contributed by atoms with Crippen molar-refractivity contribution in [1.82, 2.24) is 13.8 Å². The highest BCUT2D eigenvalue weighted by Gasteiger charge is 2.30. The van der Waals surface area contributed by atoms with Gasteiger partial charge in [-0.15, -0.1) is 0 Å². The zero-order chi connectivity index (χ0) is 24.5. The Kier molecular flexibility index (Phi) is 6.63. The summed E-state index contributed by atoms with van der Waals surface area (Å²) < 4.78 is 39.6. The van der Waals surface area contributed by atoms with Gasteiger partial charge in [0, 0.05) is 44.4 Å². The minimum absolute atomic E-state index is 0.0591. The monoisotopic (exact) mass is 485 g/mol. The maximum atomic E-state index is 13.2. The van der Waals surface area contributed by atoms with Gasteiger partial charge in [0.05, 0.1) is 17.5 Å². The topological polar surface area (TPSA) is 102 Å². The van der Waals surface area contributed by atoms with Crippen molar-refractivity contribution in [1.29, 1.82) is 0 Å². The van der Waals surface area contributed by atoms with Crippen LogP contribution in [0.4, 0.5) is 0 Å². The predicted octanol–water partition coefficient (Wildman–Crippen LogP) is 2.73. The molecular weight excluding hydrogens is 458 g/mol. The maximum absolute atomic E-state index is 13.2. The molecule has 1 fully saturated rings. The molecule has 4 rings (SSSR count). The quantitative estimate of drug-likeness (QED) is 0.498. The predicted molar refractivity (Wildman–Crippen MR) is 128 cm³/mol. The van der Waals surface area contributed by atoms with E-state index in [2.05, 4.69) is 0 Å². The minimum atomic E-state index is -3.79. The van der Waals surface area contributed by atoms with Gasteiger partial charge in [0.2, 0.25) is 15.9 Å². The van der Waals surface area contributed by atoms with E-state index in [4.69, 9.17) is 9.15 Å². The molecule has 0 bridgehead atoms. The van der Waals surface area contributed by atoms with Crippen molar-refractivity contribution in [2.75, 3.05) is 33.3 Å². The maximum Gasteiger partial charge on any atom is 0.420 e. The Morgan fingerprint density at radius 1 is 1.06 bits per heavy atom. The van der Waals surface area contributed by atoms with E-state index in [0.717, 1.165) is 11.3 Å². The van der Waals surface area contributed by atoms with Crippen LogP contribution in [0.1, 0.15) is 25.5 Å². The molecule has 1 aliphatic heterocycles. The van der Waals surface area contributed by atoms with Gasteiger partial charge in [0.15, 0.2) is 5.58 Å². The summed E-state index contributed by atoms with van der Waals surface area (Å²) in [4.78, 5) is 26.3. The van der Waals surface area contributed by atoms with E-state index in [1.165, 1.54) is 27.1 Å². The zero-order valence-electron chi connectivity index (χ0n) is 19.3. The van der Waals surface area contributed by atoms with E-state index in [-0.39, 0.29) is 48.6 Å². The number of hydrogen-bond acceptors (Lipinski definition) is 6. The van der Waals surface area contributed by atoms with Crippen LogP contribution in [0.2, 0.25) is 0 Å². The Labute approximate surface area is 197 Å². The Bertz CT molecular complexity index is 1380. The normalized spacial score (nSPS) is 15.5. The van der Waals surface area contributed by atoms with Crippen molar-refractivity contribution < 1.29 is 22.4 Å². The van der Waals surface area contributed by atoms with Crippen LogP contribution in [0, 0.1) is 0 Å². The second kappa shape index (κ2) is 9.47. The average Bonchev–Trinajstić information content (AvgIpc) is 3.18. The fourth-order valence-electron chi connectivity index (χ4n) is 3.95. The van der Waals surface area contributed by atoms with Crippen LogP contribution >= 0.6 is 0 Å². The number of ether oxygens (including phenoxy) is 1. The number of nitrogens with zero attached hydrogens (tertiary/aromatic N) is 3. The molecule has 1 saturated heterocycles. The summed E-state index contributed by atoms with van der Waals surface area (Å²) in [5.41, 5.74) is 1.65. The van der Waals surface area contributed by atoms with Crippen molar-refractivity contribution in [3.8, 4) is 5.75 Å². The highest BCUT2D eigenvalue weighted by molar-refractivity contribution is 7.89. The lowest BCUT2D eigenvalue weighted by molar-refractivity contribution is -0.127. The van der Waals surface area contributed by atoms with Crippen LogP contribution in [-0.4, -0.2) is 61.4 Å². The molecule has 1 amide bonds.